The second kappa shape index (κ2) is 4.43. The van der Waals surface area contributed by atoms with Crippen LogP contribution in [0.2, 0.25) is 0 Å². The van der Waals surface area contributed by atoms with Gasteiger partial charge in [0.2, 0.25) is 0 Å². The first kappa shape index (κ1) is 13.6. The van der Waals surface area contributed by atoms with E-state index in [1.807, 2.05) is 0 Å². The van der Waals surface area contributed by atoms with Crippen molar-refractivity contribution in [3.8, 4) is 0 Å². The van der Waals surface area contributed by atoms with E-state index in [4.69, 9.17) is 0 Å². The Bertz CT molecular complexity index is 485. The zero-order chi connectivity index (χ0) is 12.6. The van der Waals surface area contributed by atoms with Gasteiger partial charge in [-0.25, -0.2) is 12.8 Å². The molecule has 0 radical (unpaired) electrons. The molecule has 0 fully saturated rings. The highest BCUT2D eigenvalue weighted by Crippen LogP contribution is 2.38. The second-order valence-electron chi connectivity index (χ2n) is 3.68. The highest BCUT2D eigenvalue weighted by atomic mass is 79.9. The van der Waals surface area contributed by atoms with Crippen molar-refractivity contribution in [1.82, 2.24) is 0 Å². The number of sulfone groups is 1. The lowest BCUT2D eigenvalue weighted by atomic mass is 10.1. The van der Waals surface area contributed by atoms with Crippen LogP contribution in [-0.2, 0) is 9.84 Å². The molecular formula is C10H12BrFO3S. The minimum Gasteiger partial charge on any atom is -0.386 e. The van der Waals surface area contributed by atoms with Gasteiger partial charge in [0.15, 0.2) is 13.5 Å². The molecule has 0 aromatic heterocycles. The summed E-state index contributed by atoms with van der Waals surface area (Å²) in [6.07, 6.45) is -0.491. The lowest BCUT2D eigenvalue weighted by molar-refractivity contribution is 0.163. The normalized spacial score (nSPS) is 17.8. The average molecular weight is 311 g/mol. The summed E-state index contributed by atoms with van der Waals surface area (Å²) in [5.41, 5.74) is -0.0488. The summed E-state index contributed by atoms with van der Waals surface area (Å²) in [4.78, 5) is 0. The lowest BCUT2D eigenvalue weighted by Gasteiger charge is -2.27. The quantitative estimate of drug-likeness (QED) is 0.869. The molecule has 6 heteroatoms. The van der Waals surface area contributed by atoms with Crippen LogP contribution in [0.4, 0.5) is 4.39 Å². The number of hydrogen-bond donors (Lipinski definition) is 1. The van der Waals surface area contributed by atoms with E-state index in [0.717, 1.165) is 6.26 Å². The molecule has 1 aromatic rings. The Morgan fingerprint density at radius 3 is 2.38 bits per heavy atom. The summed E-state index contributed by atoms with van der Waals surface area (Å²) in [5, 5.41) is 9.90. The van der Waals surface area contributed by atoms with Crippen LogP contribution in [0.25, 0.3) is 0 Å². The lowest BCUT2D eigenvalue weighted by Crippen LogP contribution is -2.35. The van der Waals surface area contributed by atoms with Crippen LogP contribution in [0, 0.1) is 5.82 Å². The summed E-state index contributed by atoms with van der Waals surface area (Å²) in [6.45, 7) is 1.29. The first-order valence-corrected chi connectivity index (χ1v) is 7.17. The van der Waals surface area contributed by atoms with Crippen LogP contribution in [0.5, 0.6) is 0 Å². The average Bonchev–Trinajstić information content (AvgIpc) is 2.15. The van der Waals surface area contributed by atoms with E-state index >= 15 is 0 Å². The van der Waals surface area contributed by atoms with Gasteiger partial charge in [-0.2, -0.15) is 0 Å². The maximum atomic E-state index is 13.4. The van der Waals surface area contributed by atoms with E-state index in [-0.39, 0.29) is 5.56 Å². The standard InChI is InChI=1S/C10H12BrFO3S/c1-10(11,16(2,14)15)9(13)7-5-3-4-6-8(7)12/h3-6,9,13H,1-2H3/t9-,10-/m1/s1. The fourth-order valence-corrected chi connectivity index (χ4v) is 1.96. The smallest absolute Gasteiger partial charge is 0.165 e. The third-order valence-corrected chi connectivity index (χ3v) is 6.28. The van der Waals surface area contributed by atoms with Crippen LogP contribution in [0.15, 0.2) is 24.3 Å². The highest BCUT2D eigenvalue weighted by Gasteiger charge is 2.42. The summed E-state index contributed by atoms with van der Waals surface area (Å²) in [6, 6.07) is 5.53. The predicted octanol–water partition coefficient (Wildman–Crippen LogP) is 2.01. The number of aliphatic hydroxyl groups is 1. The Morgan fingerprint density at radius 1 is 1.44 bits per heavy atom. The Morgan fingerprint density at radius 2 is 1.94 bits per heavy atom. The van der Waals surface area contributed by atoms with E-state index in [2.05, 4.69) is 15.9 Å². The van der Waals surface area contributed by atoms with Gasteiger partial charge in [-0.15, -0.1) is 0 Å². The van der Waals surface area contributed by atoms with Gasteiger partial charge in [-0.05, 0) is 13.0 Å². The first-order chi connectivity index (χ1) is 7.18. The van der Waals surface area contributed by atoms with E-state index in [1.54, 1.807) is 0 Å². The molecule has 0 unspecified atom stereocenters. The van der Waals surface area contributed by atoms with Gasteiger partial charge in [-0.3, -0.25) is 0 Å². The van der Waals surface area contributed by atoms with Crippen molar-refractivity contribution in [2.75, 3.05) is 6.26 Å². The molecule has 0 saturated carbocycles. The van der Waals surface area contributed by atoms with Gasteiger partial charge in [0.05, 0.1) is 0 Å². The Hall–Kier alpha value is -0.460. The Kier molecular flexibility index (Phi) is 3.76. The molecule has 1 aromatic carbocycles. The van der Waals surface area contributed by atoms with Crippen molar-refractivity contribution in [1.29, 1.82) is 0 Å². The molecule has 0 aliphatic carbocycles. The number of hydrogen-bond acceptors (Lipinski definition) is 3. The summed E-state index contributed by atoms with van der Waals surface area (Å²) >= 11 is 2.93. The SMILES string of the molecule is C[C@](Br)([C@H](O)c1ccccc1F)S(C)(=O)=O. The van der Waals surface area contributed by atoms with E-state index in [1.165, 1.54) is 31.2 Å². The second-order valence-corrected chi connectivity index (χ2v) is 8.25. The van der Waals surface area contributed by atoms with Gasteiger partial charge in [0.1, 0.15) is 11.9 Å². The summed E-state index contributed by atoms with van der Waals surface area (Å²) in [7, 11) is -3.57. The van der Waals surface area contributed by atoms with Crippen LogP contribution in [0.3, 0.4) is 0 Å². The minimum absolute atomic E-state index is 0.0488. The Labute approximate surface area is 102 Å². The molecule has 2 atom stereocenters. The third-order valence-electron chi connectivity index (χ3n) is 2.41. The molecular weight excluding hydrogens is 299 g/mol. The van der Waals surface area contributed by atoms with Crippen molar-refractivity contribution in [2.24, 2.45) is 0 Å². The maximum Gasteiger partial charge on any atom is 0.165 e. The van der Waals surface area contributed by atoms with Crippen molar-refractivity contribution < 1.29 is 17.9 Å². The zero-order valence-electron chi connectivity index (χ0n) is 8.81. The number of halogens is 2. The highest BCUT2D eigenvalue weighted by molar-refractivity contribution is 9.11. The zero-order valence-corrected chi connectivity index (χ0v) is 11.2. The predicted molar refractivity (Wildman–Crippen MR) is 63.5 cm³/mol. The molecule has 90 valence electrons. The van der Waals surface area contributed by atoms with Crippen LogP contribution < -0.4 is 0 Å². The van der Waals surface area contributed by atoms with Gasteiger partial charge < -0.3 is 5.11 Å². The van der Waals surface area contributed by atoms with Crippen LogP contribution >= 0.6 is 15.9 Å². The van der Waals surface area contributed by atoms with E-state index in [9.17, 15) is 17.9 Å². The molecule has 0 bridgehead atoms. The largest absolute Gasteiger partial charge is 0.386 e. The molecule has 0 aliphatic rings. The summed E-state index contributed by atoms with van der Waals surface area (Å²) in [5.74, 6) is -0.635. The van der Waals surface area contributed by atoms with Crippen molar-refractivity contribution in [3.05, 3.63) is 35.6 Å². The molecule has 0 spiro atoms. The van der Waals surface area contributed by atoms with Crippen LogP contribution in [-0.4, -0.2) is 23.4 Å². The van der Waals surface area contributed by atoms with Crippen LogP contribution in [0.1, 0.15) is 18.6 Å². The van der Waals surface area contributed by atoms with Gasteiger partial charge >= 0.3 is 0 Å². The van der Waals surface area contributed by atoms with Crippen molar-refractivity contribution in [2.45, 2.75) is 16.7 Å². The maximum absolute atomic E-state index is 13.4. The monoisotopic (exact) mass is 310 g/mol. The first-order valence-electron chi connectivity index (χ1n) is 4.49. The molecule has 16 heavy (non-hydrogen) atoms. The molecule has 0 amide bonds. The van der Waals surface area contributed by atoms with Gasteiger partial charge in [0, 0.05) is 11.8 Å². The molecule has 0 heterocycles. The van der Waals surface area contributed by atoms with E-state index in [0.29, 0.717) is 0 Å². The van der Waals surface area contributed by atoms with Crippen molar-refractivity contribution >= 4 is 25.8 Å². The fourth-order valence-electron chi connectivity index (χ4n) is 1.18. The summed E-state index contributed by atoms with van der Waals surface area (Å²) < 4.78 is 34.7. The number of rotatable bonds is 3. The van der Waals surface area contributed by atoms with Gasteiger partial charge in [-0.1, -0.05) is 34.1 Å². The molecule has 1 N–H and O–H groups in total. The van der Waals surface area contributed by atoms with E-state index < -0.39 is 25.4 Å². The number of alkyl halides is 1. The van der Waals surface area contributed by atoms with Gasteiger partial charge in [0.25, 0.3) is 0 Å². The third kappa shape index (κ3) is 2.44. The molecule has 3 nitrogen and oxygen atoms in total. The minimum atomic E-state index is -3.57. The number of aliphatic hydroxyl groups excluding tert-OH is 1. The number of benzene rings is 1. The van der Waals surface area contributed by atoms with Crippen molar-refractivity contribution in [3.63, 3.8) is 0 Å². The molecule has 0 saturated heterocycles. The fraction of sp³-hybridized carbons (Fsp3) is 0.400. The molecule has 0 aliphatic heterocycles. The Balaban J connectivity index is 3.23. The topological polar surface area (TPSA) is 54.4 Å². The molecule has 1 rings (SSSR count).